The minimum Gasteiger partial charge on any atom is -0.361 e. The number of hydrogen-bond donors (Lipinski definition) is 1. The number of aromatic nitrogens is 2. The molecular weight excluding hydrogens is 260 g/mol. The first-order valence-corrected chi connectivity index (χ1v) is 6.53. The fourth-order valence-electron chi connectivity index (χ4n) is 1.85. The number of hydrogen-bond acceptors (Lipinski definition) is 7. The van der Waals surface area contributed by atoms with Gasteiger partial charge in [0.2, 0.25) is 0 Å². The van der Waals surface area contributed by atoms with Crippen LogP contribution in [0.1, 0.15) is 13.2 Å². The lowest BCUT2D eigenvalue weighted by Gasteiger charge is -2.15. The molecule has 1 aliphatic heterocycles. The first-order valence-electron chi connectivity index (χ1n) is 5.30. The smallest absolute Gasteiger partial charge is 0.361 e. The molecular formula is C9H12N4O4S. The Morgan fingerprint density at radius 1 is 1.72 bits per heavy atom. The van der Waals surface area contributed by atoms with Crippen molar-refractivity contribution in [3.63, 3.8) is 0 Å². The van der Waals surface area contributed by atoms with Gasteiger partial charge in [-0.05, 0) is 13.2 Å². The molecule has 0 aromatic carbocycles. The molecule has 1 N–H and O–H groups in total. The average Bonchev–Trinajstić information content (AvgIpc) is 2.71. The number of nitrogens with one attached hydrogen (secondary N) is 1. The molecule has 1 aromatic heterocycles. The summed E-state index contributed by atoms with van der Waals surface area (Å²) in [5.74, 6) is 0.169. The number of thioether (sulfide) groups is 1. The molecule has 0 spiro atoms. The van der Waals surface area contributed by atoms with Crippen LogP contribution in [0.15, 0.2) is 9.95 Å². The third-order valence-electron chi connectivity index (χ3n) is 2.53. The highest BCUT2D eigenvalue weighted by atomic mass is 32.2. The van der Waals surface area contributed by atoms with Crippen molar-refractivity contribution in [2.45, 2.75) is 18.3 Å². The van der Waals surface area contributed by atoms with Crippen molar-refractivity contribution in [2.75, 3.05) is 24.7 Å². The van der Waals surface area contributed by atoms with E-state index >= 15 is 0 Å². The van der Waals surface area contributed by atoms with Crippen molar-refractivity contribution < 1.29 is 9.66 Å². The highest BCUT2D eigenvalue weighted by Gasteiger charge is 2.34. The zero-order valence-corrected chi connectivity index (χ0v) is 10.7. The molecule has 0 aliphatic carbocycles. The third kappa shape index (κ3) is 1.95. The van der Waals surface area contributed by atoms with Crippen LogP contribution in [-0.2, 0) is 4.74 Å². The summed E-state index contributed by atoms with van der Waals surface area (Å²) in [5.41, 5.74) is -1.37. The van der Waals surface area contributed by atoms with Crippen molar-refractivity contribution in [1.82, 2.24) is 9.55 Å². The normalized spacial score (nSPS) is 17.3. The predicted octanol–water partition coefficient (Wildman–Crippen LogP) is 0.834. The zero-order valence-electron chi connectivity index (χ0n) is 9.87. The van der Waals surface area contributed by atoms with Gasteiger partial charge >= 0.3 is 11.2 Å². The topological polar surface area (TPSA) is 99.3 Å². The maximum absolute atomic E-state index is 11.6. The van der Waals surface area contributed by atoms with Crippen LogP contribution in [0, 0.1) is 10.1 Å². The van der Waals surface area contributed by atoms with Crippen LogP contribution in [0.2, 0.25) is 0 Å². The maximum Gasteiger partial charge on any atom is 0.376 e. The molecule has 1 unspecified atom stereocenters. The molecule has 0 saturated carbocycles. The van der Waals surface area contributed by atoms with Crippen LogP contribution >= 0.6 is 11.8 Å². The van der Waals surface area contributed by atoms with E-state index in [0.29, 0.717) is 18.3 Å². The molecule has 18 heavy (non-hydrogen) atoms. The molecule has 0 amide bonds. The molecule has 2 heterocycles. The Kier molecular flexibility index (Phi) is 3.53. The van der Waals surface area contributed by atoms with E-state index in [9.17, 15) is 14.9 Å². The summed E-state index contributed by atoms with van der Waals surface area (Å²) in [6.45, 7) is 2.69. The van der Waals surface area contributed by atoms with E-state index < -0.39 is 16.2 Å². The Labute approximate surface area is 107 Å². The molecule has 0 saturated heterocycles. The summed E-state index contributed by atoms with van der Waals surface area (Å²) in [5, 5.41) is 14.2. The van der Waals surface area contributed by atoms with Crippen molar-refractivity contribution in [1.29, 1.82) is 0 Å². The summed E-state index contributed by atoms with van der Waals surface area (Å²) in [6, 6.07) is 0. The second-order valence-corrected chi connectivity index (χ2v) is 4.29. The second-order valence-electron chi connectivity index (χ2n) is 3.52. The first-order chi connectivity index (χ1) is 8.60. The molecule has 2 rings (SSSR count). The zero-order chi connectivity index (χ0) is 13.3. The number of anilines is 1. The van der Waals surface area contributed by atoms with Gasteiger partial charge < -0.3 is 10.1 Å². The fourth-order valence-corrected chi connectivity index (χ4v) is 2.43. The fraction of sp³-hybridized carbons (Fsp3) is 0.556. The Hall–Kier alpha value is -1.61. The molecule has 0 fully saturated rings. The Morgan fingerprint density at radius 2 is 2.44 bits per heavy atom. The predicted molar refractivity (Wildman–Crippen MR) is 66.1 cm³/mol. The lowest BCUT2D eigenvalue weighted by atomic mass is 10.5. The summed E-state index contributed by atoms with van der Waals surface area (Å²) >= 11 is 1.25. The van der Waals surface area contributed by atoms with Gasteiger partial charge in [-0.25, -0.2) is 0 Å². The van der Waals surface area contributed by atoms with Gasteiger partial charge in [-0.3, -0.25) is 19.5 Å². The largest absolute Gasteiger partial charge is 0.376 e. The van der Waals surface area contributed by atoms with Crippen LogP contribution in [0.5, 0.6) is 0 Å². The monoisotopic (exact) mass is 272 g/mol. The van der Waals surface area contributed by atoms with Gasteiger partial charge in [0.25, 0.3) is 0 Å². The van der Waals surface area contributed by atoms with Crippen molar-refractivity contribution in [3.05, 3.63) is 20.5 Å². The lowest BCUT2D eigenvalue weighted by molar-refractivity contribution is -0.385. The average molecular weight is 272 g/mol. The minimum atomic E-state index is -0.833. The Morgan fingerprint density at radius 3 is 3.00 bits per heavy atom. The van der Waals surface area contributed by atoms with Gasteiger partial charge in [0, 0.05) is 6.61 Å². The van der Waals surface area contributed by atoms with E-state index in [1.807, 2.05) is 6.92 Å². The van der Waals surface area contributed by atoms with E-state index in [1.165, 1.54) is 11.8 Å². The Bertz CT molecular complexity index is 544. The summed E-state index contributed by atoms with van der Waals surface area (Å²) < 4.78 is 7.03. The molecule has 0 bridgehead atoms. The number of rotatable bonds is 4. The van der Waals surface area contributed by atoms with Crippen molar-refractivity contribution >= 4 is 23.3 Å². The SMILES string of the molecule is CCOC1CNc2c([N+](=O)[O-])c(=O)nc(SC)n21. The van der Waals surface area contributed by atoms with E-state index in [0.717, 1.165) is 0 Å². The van der Waals surface area contributed by atoms with Crippen LogP contribution in [-0.4, -0.2) is 33.9 Å². The molecule has 98 valence electrons. The summed E-state index contributed by atoms with van der Waals surface area (Å²) in [6.07, 6.45) is 1.38. The van der Waals surface area contributed by atoms with E-state index in [2.05, 4.69) is 10.3 Å². The van der Waals surface area contributed by atoms with Crippen LogP contribution in [0.3, 0.4) is 0 Å². The van der Waals surface area contributed by atoms with E-state index in [-0.39, 0.29) is 12.0 Å². The van der Waals surface area contributed by atoms with Gasteiger partial charge in [0.15, 0.2) is 17.2 Å². The van der Waals surface area contributed by atoms with Gasteiger partial charge in [-0.1, -0.05) is 11.8 Å². The molecule has 9 heteroatoms. The number of ether oxygens (including phenoxy) is 1. The molecule has 1 aromatic rings. The van der Waals surface area contributed by atoms with Crippen LogP contribution < -0.4 is 10.9 Å². The molecule has 1 aliphatic rings. The van der Waals surface area contributed by atoms with Gasteiger partial charge in [0.05, 0.1) is 11.5 Å². The first kappa shape index (κ1) is 12.8. The standard InChI is InChI=1S/C9H12N4O4S/c1-3-17-5-4-10-7-6(13(15)16)8(14)11-9(18-2)12(5)7/h5,10H,3-4H2,1-2H3. The molecule has 1 atom stereocenters. The maximum atomic E-state index is 11.6. The van der Waals surface area contributed by atoms with Crippen molar-refractivity contribution in [2.24, 2.45) is 0 Å². The summed E-state index contributed by atoms with van der Waals surface area (Å²) in [4.78, 5) is 25.5. The highest BCUT2D eigenvalue weighted by molar-refractivity contribution is 7.98. The quantitative estimate of drug-likeness (QED) is 0.375. The van der Waals surface area contributed by atoms with E-state index in [4.69, 9.17) is 4.74 Å². The van der Waals surface area contributed by atoms with Gasteiger partial charge in [-0.15, -0.1) is 0 Å². The minimum absolute atomic E-state index is 0.169. The van der Waals surface area contributed by atoms with Crippen LogP contribution in [0.25, 0.3) is 0 Å². The van der Waals surface area contributed by atoms with Gasteiger partial charge in [-0.2, -0.15) is 4.98 Å². The molecule has 8 nitrogen and oxygen atoms in total. The number of fused-ring (bicyclic) bond motifs is 1. The van der Waals surface area contributed by atoms with E-state index in [1.54, 1.807) is 10.8 Å². The Balaban J connectivity index is 2.64. The third-order valence-corrected chi connectivity index (χ3v) is 3.18. The lowest BCUT2D eigenvalue weighted by Crippen LogP contribution is -2.20. The van der Waals surface area contributed by atoms with Crippen molar-refractivity contribution in [3.8, 4) is 0 Å². The highest BCUT2D eigenvalue weighted by Crippen LogP contribution is 2.33. The number of nitro groups is 1. The second kappa shape index (κ2) is 4.94. The van der Waals surface area contributed by atoms with Gasteiger partial charge in [0.1, 0.15) is 0 Å². The summed E-state index contributed by atoms with van der Waals surface area (Å²) in [7, 11) is 0. The number of nitrogens with zero attached hydrogens (tertiary/aromatic N) is 3. The molecule has 0 radical (unpaired) electrons. The van der Waals surface area contributed by atoms with Crippen LogP contribution in [0.4, 0.5) is 11.5 Å².